The van der Waals surface area contributed by atoms with Crippen LogP contribution in [0.3, 0.4) is 0 Å². The molecule has 0 spiro atoms. The standard InChI is InChI=1S/C28H23BrFN5O3/c1-16-27(37)34(11-10-17-2-8-23-19(12-17)13-25(36)32-23)28(38-16)22-15-35(21-6-4-20(29)5-7-21)33-26(22)18-3-9-24(30)31-14-18/h2-9,12,14-16,28H,10-11,13H2,1H3,(H,32,36)/t16-,28-/m1/s1. The molecule has 0 aliphatic carbocycles. The Morgan fingerprint density at radius 3 is 2.71 bits per heavy atom. The van der Waals surface area contributed by atoms with Crippen LogP contribution in [0.1, 0.15) is 29.8 Å². The van der Waals surface area contributed by atoms with Gasteiger partial charge in [-0.1, -0.05) is 28.1 Å². The average Bonchev–Trinajstić information content (AvgIpc) is 3.58. The number of amides is 2. The van der Waals surface area contributed by atoms with Crippen LogP contribution < -0.4 is 5.32 Å². The molecule has 0 radical (unpaired) electrons. The lowest BCUT2D eigenvalue weighted by Gasteiger charge is -2.23. The number of carbonyl (C=O) groups is 2. The van der Waals surface area contributed by atoms with E-state index < -0.39 is 18.3 Å². The monoisotopic (exact) mass is 575 g/mol. The molecule has 1 N–H and O–H groups in total. The third kappa shape index (κ3) is 4.61. The molecule has 38 heavy (non-hydrogen) atoms. The zero-order valence-corrected chi connectivity index (χ0v) is 22.0. The number of pyridine rings is 1. The van der Waals surface area contributed by atoms with Gasteiger partial charge in [-0.05, 0) is 66.9 Å². The van der Waals surface area contributed by atoms with Crippen molar-refractivity contribution in [2.45, 2.75) is 32.1 Å². The fraction of sp³-hybridized carbons (Fsp3) is 0.214. The van der Waals surface area contributed by atoms with Gasteiger partial charge in [0.2, 0.25) is 11.9 Å². The first-order valence-corrected chi connectivity index (χ1v) is 13.0. The van der Waals surface area contributed by atoms with E-state index in [2.05, 4.69) is 26.2 Å². The number of aromatic nitrogens is 3. The predicted molar refractivity (Wildman–Crippen MR) is 142 cm³/mol. The Morgan fingerprint density at radius 1 is 1.13 bits per heavy atom. The number of ether oxygens (including phenoxy) is 1. The molecular formula is C28H23BrFN5O3. The maximum absolute atomic E-state index is 13.6. The highest BCUT2D eigenvalue weighted by molar-refractivity contribution is 9.10. The molecule has 2 atom stereocenters. The Morgan fingerprint density at radius 2 is 1.95 bits per heavy atom. The zero-order valence-electron chi connectivity index (χ0n) is 20.4. The van der Waals surface area contributed by atoms with Crippen LogP contribution in [0, 0.1) is 5.95 Å². The summed E-state index contributed by atoms with van der Waals surface area (Å²) < 4.78 is 22.4. The Labute approximate surface area is 226 Å². The number of anilines is 1. The van der Waals surface area contributed by atoms with Gasteiger partial charge in [0, 0.05) is 40.2 Å². The van der Waals surface area contributed by atoms with Crippen LogP contribution in [-0.4, -0.2) is 44.1 Å². The van der Waals surface area contributed by atoms with Gasteiger partial charge < -0.3 is 15.0 Å². The van der Waals surface area contributed by atoms with E-state index in [1.165, 1.54) is 12.3 Å². The van der Waals surface area contributed by atoms with Crippen LogP contribution in [0.15, 0.2) is 71.5 Å². The molecule has 2 amide bonds. The molecule has 4 aromatic rings. The van der Waals surface area contributed by atoms with Gasteiger partial charge >= 0.3 is 0 Å². The lowest BCUT2D eigenvalue weighted by molar-refractivity contribution is -0.130. The van der Waals surface area contributed by atoms with Gasteiger partial charge in [0.1, 0.15) is 11.8 Å². The Kier molecular flexibility index (Phi) is 6.29. The minimum absolute atomic E-state index is 0.0141. The van der Waals surface area contributed by atoms with Crippen molar-refractivity contribution in [2.75, 3.05) is 11.9 Å². The van der Waals surface area contributed by atoms with Gasteiger partial charge in [-0.2, -0.15) is 9.49 Å². The van der Waals surface area contributed by atoms with Crippen molar-refractivity contribution < 1.29 is 18.7 Å². The highest BCUT2D eigenvalue weighted by Crippen LogP contribution is 2.37. The molecular weight excluding hydrogens is 553 g/mol. The van der Waals surface area contributed by atoms with E-state index in [1.54, 1.807) is 22.6 Å². The summed E-state index contributed by atoms with van der Waals surface area (Å²) in [4.78, 5) is 30.4. The van der Waals surface area contributed by atoms with Crippen LogP contribution in [0.5, 0.6) is 0 Å². The summed E-state index contributed by atoms with van der Waals surface area (Å²) in [7, 11) is 0. The van der Waals surface area contributed by atoms with Gasteiger partial charge in [0.25, 0.3) is 5.91 Å². The second-order valence-electron chi connectivity index (χ2n) is 9.35. The molecule has 2 aliphatic heterocycles. The molecule has 192 valence electrons. The molecule has 2 aromatic carbocycles. The number of nitrogens with one attached hydrogen (secondary N) is 1. The fourth-order valence-electron chi connectivity index (χ4n) is 4.86. The van der Waals surface area contributed by atoms with Crippen molar-refractivity contribution >= 4 is 33.4 Å². The highest BCUT2D eigenvalue weighted by atomic mass is 79.9. The van der Waals surface area contributed by atoms with Gasteiger partial charge in [-0.3, -0.25) is 9.59 Å². The van der Waals surface area contributed by atoms with Crippen LogP contribution in [0.4, 0.5) is 10.1 Å². The van der Waals surface area contributed by atoms with Crippen molar-refractivity contribution in [3.05, 3.63) is 94.1 Å². The van der Waals surface area contributed by atoms with E-state index in [9.17, 15) is 14.0 Å². The second-order valence-corrected chi connectivity index (χ2v) is 10.3. The van der Waals surface area contributed by atoms with Gasteiger partial charge in [-0.25, -0.2) is 9.67 Å². The third-order valence-electron chi connectivity index (χ3n) is 6.78. The number of halogens is 2. The van der Waals surface area contributed by atoms with E-state index in [0.29, 0.717) is 36.2 Å². The molecule has 8 nitrogen and oxygen atoms in total. The molecule has 0 saturated carbocycles. The summed E-state index contributed by atoms with van der Waals surface area (Å²) >= 11 is 3.45. The summed E-state index contributed by atoms with van der Waals surface area (Å²) in [6.45, 7) is 2.15. The number of rotatable bonds is 6. The third-order valence-corrected chi connectivity index (χ3v) is 7.31. The van der Waals surface area contributed by atoms with Crippen molar-refractivity contribution in [1.29, 1.82) is 0 Å². The van der Waals surface area contributed by atoms with E-state index in [1.807, 2.05) is 48.7 Å². The fourth-order valence-corrected chi connectivity index (χ4v) is 5.13. The number of fused-ring (bicyclic) bond motifs is 1. The average molecular weight is 576 g/mol. The predicted octanol–water partition coefficient (Wildman–Crippen LogP) is 4.82. The van der Waals surface area contributed by atoms with Crippen LogP contribution in [0.2, 0.25) is 0 Å². The lowest BCUT2D eigenvalue weighted by atomic mass is 10.0. The highest BCUT2D eigenvalue weighted by Gasteiger charge is 2.40. The topological polar surface area (TPSA) is 89.3 Å². The number of benzene rings is 2. The molecule has 10 heteroatoms. The summed E-state index contributed by atoms with van der Waals surface area (Å²) in [6, 6.07) is 16.4. The largest absolute Gasteiger partial charge is 0.341 e. The van der Waals surface area contributed by atoms with E-state index in [4.69, 9.17) is 9.84 Å². The summed E-state index contributed by atoms with van der Waals surface area (Å²) in [6.07, 6.45) is 2.92. The minimum Gasteiger partial charge on any atom is -0.341 e. The molecule has 1 saturated heterocycles. The quantitative estimate of drug-likeness (QED) is 0.333. The number of nitrogens with zero attached hydrogens (tertiary/aromatic N) is 4. The maximum atomic E-state index is 13.6. The first-order valence-electron chi connectivity index (χ1n) is 12.2. The molecule has 6 rings (SSSR count). The molecule has 1 fully saturated rings. The van der Waals surface area contributed by atoms with E-state index >= 15 is 0 Å². The van der Waals surface area contributed by atoms with Crippen LogP contribution in [-0.2, 0) is 27.2 Å². The Bertz CT molecular complexity index is 1540. The minimum atomic E-state index is -0.681. The summed E-state index contributed by atoms with van der Waals surface area (Å²) in [5.41, 5.74) is 5.50. The van der Waals surface area contributed by atoms with Crippen molar-refractivity contribution in [3.8, 4) is 16.9 Å². The van der Waals surface area contributed by atoms with Gasteiger partial charge in [-0.15, -0.1) is 0 Å². The molecule has 0 bridgehead atoms. The first kappa shape index (κ1) is 24.4. The number of hydrogen-bond donors (Lipinski definition) is 1. The number of carbonyl (C=O) groups excluding carboxylic acids is 2. The summed E-state index contributed by atoms with van der Waals surface area (Å²) in [5.74, 6) is -0.719. The smallest absolute Gasteiger partial charge is 0.253 e. The lowest BCUT2D eigenvalue weighted by Crippen LogP contribution is -2.32. The molecule has 0 unspecified atom stereocenters. The van der Waals surface area contributed by atoms with E-state index in [-0.39, 0.29) is 11.8 Å². The van der Waals surface area contributed by atoms with E-state index in [0.717, 1.165) is 27.0 Å². The van der Waals surface area contributed by atoms with Crippen molar-refractivity contribution in [1.82, 2.24) is 19.7 Å². The Balaban J connectivity index is 1.34. The van der Waals surface area contributed by atoms with Gasteiger partial charge in [0.15, 0.2) is 6.23 Å². The van der Waals surface area contributed by atoms with Crippen LogP contribution >= 0.6 is 15.9 Å². The molecule has 4 heterocycles. The molecule has 2 aliphatic rings. The first-order chi connectivity index (χ1) is 18.4. The number of hydrogen-bond acceptors (Lipinski definition) is 5. The van der Waals surface area contributed by atoms with Crippen molar-refractivity contribution in [3.63, 3.8) is 0 Å². The summed E-state index contributed by atoms with van der Waals surface area (Å²) in [5, 5.41) is 7.63. The zero-order chi connectivity index (χ0) is 26.4. The Hall–Kier alpha value is -3.89. The SMILES string of the molecule is C[C@H]1O[C@H](c2cn(-c3ccc(Br)cc3)nc2-c2ccc(F)nc2)N(CCc2ccc3c(c2)CC(=O)N3)C1=O. The van der Waals surface area contributed by atoms with Crippen molar-refractivity contribution in [2.24, 2.45) is 0 Å². The van der Waals surface area contributed by atoms with Gasteiger partial charge in [0.05, 0.1) is 12.1 Å². The maximum Gasteiger partial charge on any atom is 0.253 e. The normalized spacial score (nSPS) is 18.7. The van der Waals surface area contributed by atoms with Crippen LogP contribution in [0.25, 0.3) is 16.9 Å². The second kappa shape index (κ2) is 9.77. The molecule has 2 aromatic heterocycles.